The van der Waals surface area contributed by atoms with Crippen molar-refractivity contribution in [3.8, 4) is 0 Å². The summed E-state index contributed by atoms with van der Waals surface area (Å²) in [4.78, 5) is 4.15. The predicted molar refractivity (Wildman–Crippen MR) is 81.2 cm³/mol. The van der Waals surface area contributed by atoms with Crippen molar-refractivity contribution in [3.63, 3.8) is 0 Å². The van der Waals surface area contributed by atoms with Crippen molar-refractivity contribution in [3.05, 3.63) is 34.8 Å². The molecular formula is C15H21BrN2O. The van der Waals surface area contributed by atoms with Crippen LogP contribution in [0.2, 0.25) is 0 Å². The van der Waals surface area contributed by atoms with Gasteiger partial charge in [-0.25, -0.2) is 4.98 Å². The van der Waals surface area contributed by atoms with E-state index in [1.807, 2.05) is 22.7 Å². The van der Waals surface area contributed by atoms with Crippen molar-refractivity contribution in [2.45, 2.75) is 45.6 Å². The van der Waals surface area contributed by atoms with E-state index < -0.39 is 6.10 Å². The zero-order chi connectivity index (χ0) is 13.8. The van der Waals surface area contributed by atoms with Gasteiger partial charge in [-0.15, -0.1) is 0 Å². The fourth-order valence-corrected chi connectivity index (χ4v) is 3.22. The lowest BCUT2D eigenvalue weighted by Crippen LogP contribution is -2.10. The van der Waals surface area contributed by atoms with E-state index >= 15 is 0 Å². The number of hydrogen-bond donors (Lipinski definition) is 1. The van der Waals surface area contributed by atoms with E-state index in [9.17, 15) is 5.11 Å². The molecule has 2 rings (SSSR count). The van der Waals surface area contributed by atoms with Crippen molar-refractivity contribution in [1.29, 1.82) is 0 Å². The normalized spacial score (nSPS) is 14.7. The number of aromatic nitrogens is 2. The predicted octanol–water partition coefficient (Wildman–Crippen LogP) is 4.35. The monoisotopic (exact) mass is 324 g/mol. The third-order valence-corrected chi connectivity index (χ3v) is 4.39. The first-order valence-corrected chi connectivity index (χ1v) is 7.75. The maximum Gasteiger partial charge on any atom is 0.0995 e. The van der Waals surface area contributed by atoms with Crippen LogP contribution in [0.3, 0.4) is 0 Å². The molecule has 0 bridgehead atoms. The maximum absolute atomic E-state index is 10.6. The van der Waals surface area contributed by atoms with Crippen molar-refractivity contribution >= 4 is 21.4 Å². The van der Waals surface area contributed by atoms with Crippen LogP contribution in [0.5, 0.6) is 0 Å². The second kappa shape index (κ2) is 6.53. The van der Waals surface area contributed by atoms with Gasteiger partial charge in [-0.1, -0.05) is 33.1 Å². The minimum atomic E-state index is -0.455. The highest BCUT2D eigenvalue weighted by Gasteiger charge is 2.19. The summed E-state index contributed by atoms with van der Waals surface area (Å²) in [5.41, 5.74) is 1.92. The zero-order valence-electron chi connectivity index (χ0n) is 11.5. The Morgan fingerprint density at radius 2 is 2.16 bits per heavy atom. The number of rotatable bonds is 6. The Hall–Kier alpha value is -0.870. The van der Waals surface area contributed by atoms with Gasteiger partial charge in [0.25, 0.3) is 0 Å². The summed E-state index contributed by atoms with van der Waals surface area (Å²) in [6.07, 6.45) is 7.38. The second-order valence-electron chi connectivity index (χ2n) is 5.07. The lowest BCUT2D eigenvalue weighted by Gasteiger charge is -2.20. The fourth-order valence-electron chi connectivity index (χ4n) is 2.63. The molecule has 1 N–H and O–H groups in total. The van der Waals surface area contributed by atoms with Crippen LogP contribution < -0.4 is 0 Å². The van der Waals surface area contributed by atoms with Gasteiger partial charge in [0, 0.05) is 4.47 Å². The van der Waals surface area contributed by atoms with Gasteiger partial charge >= 0.3 is 0 Å². The molecule has 2 heterocycles. The third-order valence-electron chi connectivity index (χ3n) is 3.72. The van der Waals surface area contributed by atoms with E-state index in [0.717, 1.165) is 28.5 Å². The number of aliphatic hydroxyl groups is 1. The second-order valence-corrected chi connectivity index (χ2v) is 5.92. The summed E-state index contributed by atoms with van der Waals surface area (Å²) in [6.45, 7) is 4.39. The van der Waals surface area contributed by atoms with Crippen LogP contribution >= 0.6 is 15.9 Å². The Balaban J connectivity index is 2.27. The van der Waals surface area contributed by atoms with E-state index in [2.05, 4.69) is 34.8 Å². The van der Waals surface area contributed by atoms with Gasteiger partial charge in [0.05, 0.1) is 29.8 Å². The molecule has 0 amide bonds. The number of pyridine rings is 1. The average molecular weight is 325 g/mol. The molecule has 0 saturated carbocycles. The van der Waals surface area contributed by atoms with Crippen LogP contribution in [0.15, 0.2) is 29.1 Å². The maximum atomic E-state index is 10.6. The highest BCUT2D eigenvalue weighted by molar-refractivity contribution is 9.10. The van der Waals surface area contributed by atoms with Crippen LogP contribution in [-0.4, -0.2) is 14.5 Å². The molecule has 2 aromatic rings. The fraction of sp³-hybridized carbons (Fsp3) is 0.533. The Morgan fingerprint density at radius 3 is 2.84 bits per heavy atom. The number of halogens is 1. The molecular weight excluding hydrogens is 304 g/mol. The molecule has 104 valence electrons. The number of nitrogens with zero attached hydrogens (tertiary/aromatic N) is 2. The molecule has 0 radical (unpaired) electrons. The van der Waals surface area contributed by atoms with E-state index in [-0.39, 0.29) is 0 Å². The number of aliphatic hydroxyl groups excluding tert-OH is 1. The molecule has 4 heteroatoms. The molecule has 19 heavy (non-hydrogen) atoms. The third kappa shape index (κ3) is 3.18. The van der Waals surface area contributed by atoms with Gasteiger partial charge in [0.2, 0.25) is 0 Å². The lowest BCUT2D eigenvalue weighted by molar-refractivity contribution is 0.133. The molecule has 2 aromatic heterocycles. The van der Waals surface area contributed by atoms with E-state index in [1.54, 1.807) is 6.33 Å². The first-order valence-electron chi connectivity index (χ1n) is 6.95. The molecule has 0 fully saturated rings. The summed E-state index contributed by atoms with van der Waals surface area (Å²) < 4.78 is 2.91. The highest BCUT2D eigenvalue weighted by Crippen LogP contribution is 2.31. The summed E-state index contributed by atoms with van der Waals surface area (Å²) in [6, 6.07) is 3.98. The Morgan fingerprint density at radius 1 is 1.37 bits per heavy atom. The number of imidazole rings is 1. The molecule has 0 aliphatic rings. The molecule has 0 saturated heterocycles. The quantitative estimate of drug-likeness (QED) is 0.857. The molecule has 2 atom stereocenters. The molecule has 0 spiro atoms. The topological polar surface area (TPSA) is 37.5 Å². The molecule has 0 aromatic carbocycles. The minimum Gasteiger partial charge on any atom is -0.387 e. The van der Waals surface area contributed by atoms with Gasteiger partial charge in [0.1, 0.15) is 0 Å². The molecule has 0 aliphatic heterocycles. The largest absolute Gasteiger partial charge is 0.387 e. The van der Waals surface area contributed by atoms with Crippen LogP contribution in [-0.2, 0) is 0 Å². The Labute approximate surface area is 122 Å². The Bertz CT molecular complexity index is 538. The van der Waals surface area contributed by atoms with Gasteiger partial charge in [-0.2, -0.15) is 0 Å². The van der Waals surface area contributed by atoms with Crippen molar-refractivity contribution in [2.75, 3.05) is 0 Å². The van der Waals surface area contributed by atoms with Gasteiger partial charge in [-0.3, -0.25) is 4.40 Å². The Kier molecular flexibility index (Phi) is 4.99. The van der Waals surface area contributed by atoms with Gasteiger partial charge in [0.15, 0.2) is 0 Å². The first-order chi connectivity index (χ1) is 9.17. The van der Waals surface area contributed by atoms with E-state index in [4.69, 9.17) is 0 Å². The highest BCUT2D eigenvalue weighted by atomic mass is 79.9. The first kappa shape index (κ1) is 14.5. The van der Waals surface area contributed by atoms with Crippen LogP contribution in [0, 0.1) is 5.92 Å². The lowest BCUT2D eigenvalue weighted by atomic mass is 9.93. The number of hydrogen-bond acceptors (Lipinski definition) is 2. The average Bonchev–Trinajstić information content (AvgIpc) is 2.85. The molecule has 3 nitrogen and oxygen atoms in total. The van der Waals surface area contributed by atoms with Crippen LogP contribution in [0.1, 0.15) is 51.3 Å². The van der Waals surface area contributed by atoms with Crippen LogP contribution in [0.25, 0.3) is 5.52 Å². The van der Waals surface area contributed by atoms with Crippen molar-refractivity contribution < 1.29 is 5.11 Å². The van der Waals surface area contributed by atoms with Crippen molar-refractivity contribution in [2.24, 2.45) is 5.92 Å². The summed E-state index contributed by atoms with van der Waals surface area (Å²) in [5, 5.41) is 10.6. The summed E-state index contributed by atoms with van der Waals surface area (Å²) in [7, 11) is 0. The summed E-state index contributed by atoms with van der Waals surface area (Å²) in [5.74, 6) is 0.575. The molecule has 0 aliphatic carbocycles. The van der Waals surface area contributed by atoms with Gasteiger partial charge in [-0.05, 0) is 40.4 Å². The minimum absolute atomic E-state index is 0.455. The standard InChI is InChI=1S/C15H21BrN2O/c1-3-5-11(4-2)8-14(19)15-13(16)7-6-12-9-17-10-18(12)15/h6-7,9-11,14,19H,3-5,8H2,1-2H3. The van der Waals surface area contributed by atoms with E-state index in [0.29, 0.717) is 5.92 Å². The molecule has 2 unspecified atom stereocenters. The van der Waals surface area contributed by atoms with E-state index in [1.165, 1.54) is 12.8 Å². The van der Waals surface area contributed by atoms with Gasteiger partial charge < -0.3 is 5.11 Å². The van der Waals surface area contributed by atoms with Crippen molar-refractivity contribution in [1.82, 2.24) is 9.38 Å². The zero-order valence-corrected chi connectivity index (χ0v) is 13.1. The summed E-state index contributed by atoms with van der Waals surface area (Å²) >= 11 is 3.54. The number of fused-ring (bicyclic) bond motifs is 1. The van der Waals surface area contributed by atoms with Crippen LogP contribution in [0.4, 0.5) is 0 Å². The SMILES string of the molecule is CCCC(CC)CC(O)c1c(Br)ccc2cncn12. The smallest absolute Gasteiger partial charge is 0.0995 e.